The third kappa shape index (κ3) is 4.22. The Morgan fingerprint density at radius 2 is 1.71 bits per heavy atom. The first kappa shape index (κ1) is 15.4. The second kappa shape index (κ2) is 6.17. The zero-order valence-electron chi connectivity index (χ0n) is 11.0. The van der Waals surface area contributed by atoms with Crippen LogP contribution in [0.5, 0.6) is 0 Å². The summed E-state index contributed by atoms with van der Waals surface area (Å²) in [5.41, 5.74) is 0.873. The molecule has 0 amide bonds. The number of rotatable bonds is 4. The van der Waals surface area contributed by atoms with E-state index in [9.17, 15) is 13.2 Å². The van der Waals surface area contributed by atoms with Crippen LogP contribution < -0.4 is 10.6 Å². The van der Waals surface area contributed by atoms with Gasteiger partial charge in [-0.25, -0.2) is 9.97 Å². The van der Waals surface area contributed by atoms with Crippen LogP contribution in [-0.4, -0.2) is 17.0 Å². The predicted molar refractivity (Wildman–Crippen MR) is 75.4 cm³/mol. The van der Waals surface area contributed by atoms with E-state index in [4.69, 9.17) is 11.6 Å². The highest BCUT2D eigenvalue weighted by Gasteiger charge is 2.35. The summed E-state index contributed by atoms with van der Waals surface area (Å²) in [6.45, 7) is 0.328. The van der Waals surface area contributed by atoms with E-state index in [1.165, 1.54) is 13.1 Å². The highest BCUT2D eigenvalue weighted by molar-refractivity contribution is 6.30. The minimum atomic E-state index is -4.59. The fourth-order valence-electron chi connectivity index (χ4n) is 1.59. The molecule has 0 aliphatic carbocycles. The maximum Gasteiger partial charge on any atom is 0.451 e. The number of nitrogens with one attached hydrogen (secondary N) is 2. The lowest BCUT2D eigenvalue weighted by molar-refractivity contribution is -0.144. The van der Waals surface area contributed by atoms with Crippen LogP contribution in [-0.2, 0) is 12.7 Å². The molecule has 0 saturated heterocycles. The Kier molecular flexibility index (Phi) is 4.52. The molecule has 0 aliphatic rings. The number of hydrogen-bond acceptors (Lipinski definition) is 4. The van der Waals surface area contributed by atoms with Gasteiger partial charge in [0, 0.05) is 24.7 Å². The fourth-order valence-corrected chi connectivity index (χ4v) is 1.71. The maximum atomic E-state index is 12.7. The summed E-state index contributed by atoms with van der Waals surface area (Å²) in [5, 5.41) is 6.01. The Labute approximate surface area is 124 Å². The van der Waals surface area contributed by atoms with Gasteiger partial charge in [0.15, 0.2) is 0 Å². The quantitative estimate of drug-likeness (QED) is 0.900. The Hall–Kier alpha value is -2.02. The Bertz CT molecular complexity index is 614. The number of benzene rings is 1. The van der Waals surface area contributed by atoms with Crippen molar-refractivity contribution in [2.75, 3.05) is 17.7 Å². The summed E-state index contributed by atoms with van der Waals surface area (Å²) >= 11 is 5.77. The van der Waals surface area contributed by atoms with Crippen molar-refractivity contribution in [2.45, 2.75) is 12.7 Å². The van der Waals surface area contributed by atoms with Crippen LogP contribution >= 0.6 is 11.6 Å². The van der Waals surface area contributed by atoms with Gasteiger partial charge in [0.1, 0.15) is 11.6 Å². The van der Waals surface area contributed by atoms with Crippen LogP contribution in [0.1, 0.15) is 11.4 Å². The van der Waals surface area contributed by atoms with Gasteiger partial charge in [-0.1, -0.05) is 23.7 Å². The molecule has 2 rings (SSSR count). The van der Waals surface area contributed by atoms with Crippen molar-refractivity contribution in [3.8, 4) is 0 Å². The average molecular weight is 317 g/mol. The molecule has 8 heteroatoms. The summed E-state index contributed by atoms with van der Waals surface area (Å²) in [4.78, 5) is 6.86. The fraction of sp³-hybridized carbons (Fsp3) is 0.231. The summed E-state index contributed by atoms with van der Waals surface area (Å²) in [6, 6.07) is 8.38. The molecule has 0 saturated carbocycles. The molecule has 0 aliphatic heterocycles. The smallest absolute Gasteiger partial charge is 0.373 e. The molecular formula is C13H12ClF3N4. The minimum absolute atomic E-state index is 0.0935. The molecule has 2 aromatic rings. The van der Waals surface area contributed by atoms with Crippen molar-refractivity contribution in [2.24, 2.45) is 0 Å². The zero-order chi connectivity index (χ0) is 15.5. The van der Waals surface area contributed by atoms with Gasteiger partial charge in [-0.05, 0) is 17.7 Å². The van der Waals surface area contributed by atoms with E-state index in [2.05, 4.69) is 20.6 Å². The first-order chi connectivity index (χ1) is 9.88. The van der Waals surface area contributed by atoms with E-state index in [0.29, 0.717) is 11.6 Å². The average Bonchev–Trinajstić information content (AvgIpc) is 2.45. The second-order valence-corrected chi connectivity index (χ2v) is 4.63. The van der Waals surface area contributed by atoms with Crippen LogP contribution in [0.2, 0.25) is 5.02 Å². The van der Waals surface area contributed by atoms with Crippen LogP contribution in [0.3, 0.4) is 0 Å². The van der Waals surface area contributed by atoms with Crippen molar-refractivity contribution in [3.63, 3.8) is 0 Å². The van der Waals surface area contributed by atoms with Gasteiger partial charge < -0.3 is 10.6 Å². The third-order valence-electron chi connectivity index (χ3n) is 2.62. The molecule has 0 bridgehead atoms. The van der Waals surface area contributed by atoms with E-state index in [1.807, 2.05) is 0 Å². The van der Waals surface area contributed by atoms with E-state index >= 15 is 0 Å². The second-order valence-electron chi connectivity index (χ2n) is 4.19. The van der Waals surface area contributed by atoms with Crippen molar-refractivity contribution in [1.82, 2.24) is 9.97 Å². The molecule has 0 fully saturated rings. The SMILES string of the molecule is CNc1cc(NCc2ccc(Cl)cc2)nc(C(F)(F)F)n1. The van der Waals surface area contributed by atoms with E-state index in [0.717, 1.165) is 5.56 Å². The number of halogens is 4. The van der Waals surface area contributed by atoms with Crippen LogP contribution in [0, 0.1) is 0 Å². The van der Waals surface area contributed by atoms with Gasteiger partial charge in [0.05, 0.1) is 0 Å². The van der Waals surface area contributed by atoms with E-state index < -0.39 is 12.0 Å². The zero-order valence-corrected chi connectivity index (χ0v) is 11.8. The largest absolute Gasteiger partial charge is 0.451 e. The van der Waals surface area contributed by atoms with Gasteiger partial charge in [0.2, 0.25) is 5.82 Å². The number of nitrogens with zero attached hydrogens (tertiary/aromatic N) is 2. The Balaban J connectivity index is 2.17. The van der Waals surface area contributed by atoms with Crippen molar-refractivity contribution < 1.29 is 13.2 Å². The van der Waals surface area contributed by atoms with Crippen molar-refractivity contribution in [3.05, 3.63) is 46.7 Å². The minimum Gasteiger partial charge on any atom is -0.373 e. The monoisotopic (exact) mass is 316 g/mol. The number of alkyl halides is 3. The molecule has 21 heavy (non-hydrogen) atoms. The Morgan fingerprint density at radius 3 is 2.29 bits per heavy atom. The lowest BCUT2D eigenvalue weighted by Crippen LogP contribution is -2.14. The van der Waals surface area contributed by atoms with Crippen molar-refractivity contribution in [1.29, 1.82) is 0 Å². The molecular weight excluding hydrogens is 305 g/mol. The van der Waals surface area contributed by atoms with Gasteiger partial charge in [-0.3, -0.25) is 0 Å². The van der Waals surface area contributed by atoms with Crippen LogP contribution in [0.4, 0.5) is 24.8 Å². The number of aromatic nitrogens is 2. The lowest BCUT2D eigenvalue weighted by atomic mass is 10.2. The molecule has 1 aromatic carbocycles. The van der Waals surface area contributed by atoms with Gasteiger partial charge >= 0.3 is 6.18 Å². The molecule has 0 atom stereocenters. The number of hydrogen-bond donors (Lipinski definition) is 2. The number of anilines is 2. The van der Waals surface area contributed by atoms with Gasteiger partial charge in [-0.2, -0.15) is 13.2 Å². The van der Waals surface area contributed by atoms with Crippen LogP contribution in [0.25, 0.3) is 0 Å². The summed E-state index contributed by atoms with van der Waals surface area (Å²) in [7, 11) is 1.49. The highest BCUT2D eigenvalue weighted by atomic mass is 35.5. The molecule has 1 heterocycles. The molecule has 0 unspecified atom stereocenters. The van der Waals surface area contributed by atoms with E-state index in [-0.39, 0.29) is 11.6 Å². The summed E-state index contributed by atoms with van der Waals surface area (Å²) in [6.07, 6.45) is -4.59. The highest BCUT2D eigenvalue weighted by Crippen LogP contribution is 2.28. The maximum absolute atomic E-state index is 12.7. The molecule has 0 spiro atoms. The predicted octanol–water partition coefficient (Wildman–Crippen LogP) is 3.80. The molecule has 4 nitrogen and oxygen atoms in total. The third-order valence-corrected chi connectivity index (χ3v) is 2.87. The van der Waals surface area contributed by atoms with Crippen molar-refractivity contribution >= 4 is 23.2 Å². The van der Waals surface area contributed by atoms with Gasteiger partial charge in [0.25, 0.3) is 0 Å². The molecule has 0 radical (unpaired) electrons. The summed E-state index contributed by atoms with van der Waals surface area (Å²) < 4.78 is 38.1. The normalized spacial score (nSPS) is 11.3. The molecule has 1 aromatic heterocycles. The standard InChI is InChI=1S/C13H12ClF3N4/c1-18-10-6-11(21-12(20-10)13(15,16)17)19-7-8-2-4-9(14)5-3-8/h2-6H,7H2,1H3,(H2,18,19,20,21). The first-order valence-electron chi connectivity index (χ1n) is 6.01. The Morgan fingerprint density at radius 1 is 1.10 bits per heavy atom. The van der Waals surface area contributed by atoms with E-state index in [1.54, 1.807) is 24.3 Å². The molecule has 2 N–H and O–H groups in total. The molecule has 112 valence electrons. The first-order valence-corrected chi connectivity index (χ1v) is 6.38. The lowest BCUT2D eigenvalue weighted by Gasteiger charge is -2.11. The summed E-state index contributed by atoms with van der Waals surface area (Å²) in [5.74, 6) is -1.000. The van der Waals surface area contributed by atoms with Crippen LogP contribution in [0.15, 0.2) is 30.3 Å². The van der Waals surface area contributed by atoms with Gasteiger partial charge in [-0.15, -0.1) is 0 Å². The topological polar surface area (TPSA) is 49.8 Å².